The summed E-state index contributed by atoms with van der Waals surface area (Å²) in [6.45, 7) is 4.40. The van der Waals surface area contributed by atoms with Crippen LogP contribution in [0.15, 0.2) is 0 Å². The van der Waals surface area contributed by atoms with Gasteiger partial charge in [0.1, 0.15) is 6.04 Å². The summed E-state index contributed by atoms with van der Waals surface area (Å²) in [6, 6.07) is 0.0103. The summed E-state index contributed by atoms with van der Waals surface area (Å²) in [6.07, 6.45) is 8.62. The first-order chi connectivity index (χ1) is 8.74. The van der Waals surface area contributed by atoms with Gasteiger partial charge in [-0.2, -0.15) is 0 Å². The molecule has 2 rings (SSSR count). The van der Waals surface area contributed by atoms with Gasteiger partial charge in [-0.3, -0.25) is 9.69 Å². The first-order valence-corrected chi connectivity index (χ1v) is 7.56. The molecule has 3 nitrogen and oxygen atoms in total. The quantitative estimate of drug-likeness (QED) is 0.592. The molecule has 3 heteroatoms. The first-order valence-electron chi connectivity index (χ1n) is 7.56. The molecule has 104 valence electrons. The molecule has 0 radical (unpaired) electrons. The highest BCUT2D eigenvalue weighted by atomic mass is 16.5. The van der Waals surface area contributed by atoms with Gasteiger partial charge in [0, 0.05) is 13.1 Å². The van der Waals surface area contributed by atoms with Crippen LogP contribution in [0.2, 0.25) is 0 Å². The lowest BCUT2D eigenvalue weighted by Gasteiger charge is -2.30. The minimum absolute atomic E-state index is 0.0103. The third kappa shape index (κ3) is 4.27. The Morgan fingerprint density at radius 1 is 1.22 bits per heavy atom. The van der Waals surface area contributed by atoms with Crippen LogP contribution < -0.4 is 0 Å². The Bertz CT molecular complexity index is 258. The highest BCUT2D eigenvalue weighted by molar-refractivity contribution is 5.75. The highest BCUT2D eigenvalue weighted by Crippen LogP contribution is 2.35. The smallest absolute Gasteiger partial charge is 0.323 e. The summed E-state index contributed by atoms with van der Waals surface area (Å²) in [5.74, 6) is 1.67. The van der Waals surface area contributed by atoms with E-state index in [1.54, 1.807) is 0 Å². The lowest BCUT2D eigenvalue weighted by Crippen LogP contribution is -2.44. The largest absolute Gasteiger partial charge is 0.468 e. The third-order valence-electron chi connectivity index (χ3n) is 4.12. The first kappa shape index (κ1) is 13.9. The number of esters is 1. The maximum Gasteiger partial charge on any atom is 0.323 e. The Labute approximate surface area is 111 Å². The molecular formula is C15H27NO2. The predicted octanol–water partition coefficient (Wildman–Crippen LogP) is 2.84. The molecule has 0 saturated heterocycles. The molecule has 2 aliphatic carbocycles. The second kappa shape index (κ2) is 6.55. The lowest BCUT2D eigenvalue weighted by molar-refractivity contribution is -0.147. The Morgan fingerprint density at radius 2 is 1.78 bits per heavy atom. The van der Waals surface area contributed by atoms with Crippen molar-refractivity contribution in [2.75, 3.05) is 20.2 Å². The summed E-state index contributed by atoms with van der Waals surface area (Å²) in [7, 11) is 1.52. The van der Waals surface area contributed by atoms with Crippen LogP contribution in [0, 0.1) is 11.8 Å². The molecule has 1 unspecified atom stereocenters. The normalized spacial score (nSPS) is 21.1. The molecule has 0 N–H and O–H groups in total. The van der Waals surface area contributed by atoms with Gasteiger partial charge in [0.2, 0.25) is 0 Å². The number of carbonyl (C=O) groups excluding carboxylic acids is 1. The Hall–Kier alpha value is -0.570. The van der Waals surface area contributed by atoms with Gasteiger partial charge in [-0.1, -0.05) is 19.8 Å². The number of rotatable bonds is 9. The van der Waals surface area contributed by atoms with Crippen molar-refractivity contribution < 1.29 is 9.53 Å². The lowest BCUT2D eigenvalue weighted by atomic mass is 10.1. The molecule has 0 heterocycles. The van der Waals surface area contributed by atoms with E-state index in [9.17, 15) is 4.79 Å². The molecule has 0 aliphatic heterocycles. The Kier molecular flexibility index (Phi) is 5.04. The van der Waals surface area contributed by atoms with Gasteiger partial charge >= 0.3 is 5.97 Å². The molecule has 0 bridgehead atoms. The van der Waals surface area contributed by atoms with E-state index < -0.39 is 0 Å². The van der Waals surface area contributed by atoms with Crippen molar-refractivity contribution in [1.82, 2.24) is 4.90 Å². The van der Waals surface area contributed by atoms with Gasteiger partial charge in [-0.15, -0.1) is 0 Å². The van der Waals surface area contributed by atoms with Crippen molar-refractivity contribution in [3.8, 4) is 0 Å². The second-order valence-corrected chi connectivity index (χ2v) is 6.02. The molecule has 0 spiro atoms. The Morgan fingerprint density at radius 3 is 2.17 bits per heavy atom. The minimum Gasteiger partial charge on any atom is -0.468 e. The maximum atomic E-state index is 12.0. The van der Waals surface area contributed by atoms with E-state index in [1.807, 2.05) is 0 Å². The van der Waals surface area contributed by atoms with Crippen LogP contribution in [0.3, 0.4) is 0 Å². The number of unbranched alkanes of at least 4 members (excludes halogenated alkanes) is 1. The summed E-state index contributed by atoms with van der Waals surface area (Å²) < 4.78 is 5.01. The SMILES string of the molecule is CCCCC(C(=O)OC)N(CC1CC1)CC1CC1. The van der Waals surface area contributed by atoms with Gasteiger partial charge in [0.25, 0.3) is 0 Å². The summed E-state index contributed by atoms with van der Waals surface area (Å²) >= 11 is 0. The molecule has 1 atom stereocenters. The molecule has 0 amide bonds. The van der Waals surface area contributed by atoms with E-state index in [0.717, 1.165) is 44.2 Å². The third-order valence-corrected chi connectivity index (χ3v) is 4.12. The number of nitrogens with zero attached hydrogens (tertiary/aromatic N) is 1. The van der Waals surface area contributed by atoms with Crippen LogP contribution in [0.25, 0.3) is 0 Å². The van der Waals surface area contributed by atoms with Crippen molar-refractivity contribution in [3.63, 3.8) is 0 Å². The van der Waals surface area contributed by atoms with E-state index in [2.05, 4.69) is 11.8 Å². The van der Waals surface area contributed by atoms with E-state index in [4.69, 9.17) is 4.74 Å². The molecule has 0 aromatic carbocycles. The molecule has 2 aliphatic rings. The number of hydrogen-bond acceptors (Lipinski definition) is 3. The average molecular weight is 253 g/mol. The van der Waals surface area contributed by atoms with Crippen LogP contribution in [0.4, 0.5) is 0 Å². The van der Waals surface area contributed by atoms with Gasteiger partial charge in [0.05, 0.1) is 7.11 Å². The van der Waals surface area contributed by atoms with Crippen LogP contribution in [-0.4, -0.2) is 37.1 Å². The minimum atomic E-state index is -0.0234. The van der Waals surface area contributed by atoms with Crippen LogP contribution in [0.1, 0.15) is 51.9 Å². The fraction of sp³-hybridized carbons (Fsp3) is 0.933. The fourth-order valence-corrected chi connectivity index (χ4v) is 2.58. The van der Waals surface area contributed by atoms with Crippen molar-refractivity contribution in [2.24, 2.45) is 11.8 Å². The molecule has 2 fully saturated rings. The number of methoxy groups -OCH3 is 1. The van der Waals surface area contributed by atoms with Crippen LogP contribution in [0.5, 0.6) is 0 Å². The molecule has 18 heavy (non-hydrogen) atoms. The zero-order chi connectivity index (χ0) is 13.0. The zero-order valence-corrected chi connectivity index (χ0v) is 11.9. The standard InChI is InChI=1S/C15H27NO2/c1-3-4-5-14(15(17)18-2)16(10-12-6-7-12)11-13-8-9-13/h12-14H,3-11H2,1-2H3. The second-order valence-electron chi connectivity index (χ2n) is 6.02. The topological polar surface area (TPSA) is 29.5 Å². The molecule has 0 aromatic rings. The molecule has 0 aromatic heterocycles. The summed E-state index contributed by atoms with van der Waals surface area (Å²) in [4.78, 5) is 14.4. The van der Waals surface area contributed by atoms with E-state index in [1.165, 1.54) is 32.8 Å². The van der Waals surface area contributed by atoms with Gasteiger partial charge in [0.15, 0.2) is 0 Å². The van der Waals surface area contributed by atoms with Gasteiger partial charge < -0.3 is 4.74 Å². The zero-order valence-electron chi connectivity index (χ0n) is 11.9. The van der Waals surface area contributed by atoms with E-state index >= 15 is 0 Å². The summed E-state index contributed by atoms with van der Waals surface area (Å²) in [5.41, 5.74) is 0. The predicted molar refractivity (Wildman–Crippen MR) is 72.4 cm³/mol. The monoisotopic (exact) mass is 253 g/mol. The number of hydrogen-bond donors (Lipinski definition) is 0. The average Bonchev–Trinajstić information content (AvgIpc) is 3.24. The van der Waals surface area contributed by atoms with Gasteiger partial charge in [-0.25, -0.2) is 0 Å². The maximum absolute atomic E-state index is 12.0. The molecular weight excluding hydrogens is 226 g/mol. The van der Waals surface area contributed by atoms with Crippen LogP contribution in [-0.2, 0) is 9.53 Å². The van der Waals surface area contributed by atoms with Crippen molar-refractivity contribution in [2.45, 2.75) is 57.9 Å². The van der Waals surface area contributed by atoms with E-state index in [0.29, 0.717) is 0 Å². The van der Waals surface area contributed by atoms with Crippen molar-refractivity contribution in [1.29, 1.82) is 0 Å². The number of ether oxygens (including phenoxy) is 1. The Balaban J connectivity index is 1.93. The van der Waals surface area contributed by atoms with Crippen molar-refractivity contribution >= 4 is 5.97 Å². The van der Waals surface area contributed by atoms with Gasteiger partial charge in [-0.05, 0) is 43.9 Å². The number of carbonyl (C=O) groups is 1. The van der Waals surface area contributed by atoms with E-state index in [-0.39, 0.29) is 12.0 Å². The van der Waals surface area contributed by atoms with Crippen molar-refractivity contribution in [3.05, 3.63) is 0 Å². The van der Waals surface area contributed by atoms with Crippen LogP contribution >= 0.6 is 0 Å². The fourth-order valence-electron chi connectivity index (χ4n) is 2.58. The summed E-state index contributed by atoms with van der Waals surface area (Å²) in [5, 5.41) is 0. The highest BCUT2D eigenvalue weighted by Gasteiger charge is 2.35. The molecule has 2 saturated carbocycles.